The van der Waals surface area contributed by atoms with Gasteiger partial charge in [-0.2, -0.15) is 0 Å². The summed E-state index contributed by atoms with van der Waals surface area (Å²) in [5.74, 6) is 0.471. The third-order valence-corrected chi connectivity index (χ3v) is 3.12. The lowest BCUT2D eigenvalue weighted by Crippen LogP contribution is -2.25. The molecule has 4 nitrogen and oxygen atoms in total. The molecule has 0 radical (unpaired) electrons. The van der Waals surface area contributed by atoms with Crippen LogP contribution in [0.25, 0.3) is 0 Å². The third-order valence-electron chi connectivity index (χ3n) is 2.26. The highest BCUT2D eigenvalue weighted by Crippen LogP contribution is 2.10. The van der Waals surface area contributed by atoms with Crippen LogP contribution in [-0.2, 0) is 10.8 Å². The summed E-state index contributed by atoms with van der Waals surface area (Å²) in [4.78, 5) is 11.8. The summed E-state index contributed by atoms with van der Waals surface area (Å²) in [6.07, 6.45) is 2.37. The van der Waals surface area contributed by atoms with Crippen molar-refractivity contribution >= 4 is 22.4 Å². The Morgan fingerprint density at radius 3 is 2.71 bits per heavy atom. The average Bonchev–Trinajstić information content (AvgIpc) is 2.22. The van der Waals surface area contributed by atoms with Gasteiger partial charge in [-0.3, -0.25) is 9.00 Å². The number of hydrogen-bond acceptors (Lipinski definition) is 3. The topological polar surface area (TPSA) is 72.2 Å². The Morgan fingerprint density at radius 1 is 1.41 bits per heavy atom. The molecule has 94 valence electrons. The van der Waals surface area contributed by atoms with Crippen molar-refractivity contribution in [2.75, 3.05) is 24.3 Å². The van der Waals surface area contributed by atoms with Crippen LogP contribution in [0.3, 0.4) is 0 Å². The number of nitrogen functional groups attached to an aromatic ring is 1. The number of amides is 1. The number of hydrogen-bond donors (Lipinski definition) is 2. The first-order valence-electron chi connectivity index (χ1n) is 5.44. The number of carbonyl (C=O) groups is 1. The fourth-order valence-corrected chi connectivity index (χ4v) is 2.07. The first kappa shape index (κ1) is 13.7. The van der Waals surface area contributed by atoms with Crippen LogP contribution in [-0.4, -0.2) is 28.7 Å². The minimum absolute atomic E-state index is 0.137. The maximum Gasteiger partial charge on any atom is 0.251 e. The van der Waals surface area contributed by atoms with Gasteiger partial charge < -0.3 is 11.1 Å². The molecule has 5 heteroatoms. The van der Waals surface area contributed by atoms with E-state index < -0.39 is 10.8 Å². The van der Waals surface area contributed by atoms with Gasteiger partial charge in [-0.25, -0.2) is 0 Å². The molecule has 0 fully saturated rings. The smallest absolute Gasteiger partial charge is 0.251 e. The molecule has 0 aliphatic carbocycles. The lowest BCUT2D eigenvalue weighted by molar-refractivity contribution is 0.0953. The normalized spacial score (nSPS) is 12.1. The molecule has 0 aliphatic rings. The van der Waals surface area contributed by atoms with Crippen LogP contribution < -0.4 is 11.1 Å². The molecule has 0 saturated carbocycles. The molecular weight excluding hydrogens is 236 g/mol. The van der Waals surface area contributed by atoms with Crippen LogP contribution in [0.5, 0.6) is 0 Å². The molecule has 0 aromatic heterocycles. The van der Waals surface area contributed by atoms with Gasteiger partial charge in [0.1, 0.15) is 0 Å². The first-order valence-corrected chi connectivity index (χ1v) is 7.17. The standard InChI is InChI=1S/C12H18N2O2S/c1-9-6-10(8-11(13)7-9)12(15)14-4-3-5-17(2)16/h6-8H,3-5,13H2,1-2H3,(H,14,15). The summed E-state index contributed by atoms with van der Waals surface area (Å²) < 4.78 is 10.8. The lowest BCUT2D eigenvalue weighted by Gasteiger charge is -2.06. The number of carbonyl (C=O) groups excluding carboxylic acids is 1. The van der Waals surface area contributed by atoms with Gasteiger partial charge in [0.2, 0.25) is 0 Å². The van der Waals surface area contributed by atoms with E-state index in [2.05, 4.69) is 5.32 Å². The molecule has 1 aromatic rings. The maximum atomic E-state index is 11.8. The molecule has 3 N–H and O–H groups in total. The van der Waals surface area contributed by atoms with E-state index in [-0.39, 0.29) is 5.91 Å². The van der Waals surface area contributed by atoms with Gasteiger partial charge in [-0.15, -0.1) is 0 Å². The number of nitrogens with two attached hydrogens (primary N) is 1. The fraction of sp³-hybridized carbons (Fsp3) is 0.417. The molecule has 1 amide bonds. The van der Waals surface area contributed by atoms with Gasteiger partial charge in [-0.05, 0) is 37.1 Å². The maximum absolute atomic E-state index is 11.8. The summed E-state index contributed by atoms with van der Waals surface area (Å²) in [6, 6.07) is 5.26. The zero-order chi connectivity index (χ0) is 12.8. The molecule has 0 heterocycles. The fourth-order valence-electron chi connectivity index (χ4n) is 1.52. The van der Waals surface area contributed by atoms with Crippen LogP contribution >= 0.6 is 0 Å². The number of nitrogens with one attached hydrogen (secondary N) is 1. The minimum Gasteiger partial charge on any atom is -0.399 e. The van der Waals surface area contributed by atoms with Gasteiger partial charge in [0, 0.05) is 40.6 Å². The van der Waals surface area contributed by atoms with E-state index in [1.807, 2.05) is 13.0 Å². The van der Waals surface area contributed by atoms with E-state index >= 15 is 0 Å². The Balaban J connectivity index is 2.49. The second-order valence-corrected chi connectivity index (χ2v) is 5.57. The Hall–Kier alpha value is -1.36. The van der Waals surface area contributed by atoms with Crippen molar-refractivity contribution in [2.45, 2.75) is 13.3 Å². The zero-order valence-corrected chi connectivity index (χ0v) is 11.0. The van der Waals surface area contributed by atoms with Crippen molar-refractivity contribution < 1.29 is 9.00 Å². The van der Waals surface area contributed by atoms with Crippen molar-refractivity contribution in [3.05, 3.63) is 29.3 Å². The van der Waals surface area contributed by atoms with Crippen LogP contribution in [0.2, 0.25) is 0 Å². The summed E-state index contributed by atoms with van der Waals surface area (Å²) in [7, 11) is -0.803. The van der Waals surface area contributed by atoms with Gasteiger partial charge in [0.05, 0.1) is 0 Å². The van der Waals surface area contributed by atoms with Crippen molar-refractivity contribution in [2.24, 2.45) is 0 Å². The van der Waals surface area contributed by atoms with E-state index in [1.54, 1.807) is 18.4 Å². The second-order valence-electron chi connectivity index (χ2n) is 4.02. The molecule has 0 bridgehead atoms. The van der Waals surface area contributed by atoms with E-state index in [9.17, 15) is 9.00 Å². The Morgan fingerprint density at radius 2 is 2.12 bits per heavy atom. The molecule has 1 atom stereocenters. The largest absolute Gasteiger partial charge is 0.399 e. The molecule has 17 heavy (non-hydrogen) atoms. The van der Waals surface area contributed by atoms with Crippen LogP contribution in [0.15, 0.2) is 18.2 Å². The quantitative estimate of drug-likeness (QED) is 0.610. The average molecular weight is 254 g/mol. The third kappa shape index (κ3) is 4.99. The summed E-state index contributed by atoms with van der Waals surface area (Å²) in [5, 5.41) is 2.78. The van der Waals surface area contributed by atoms with Gasteiger partial charge in [-0.1, -0.05) is 0 Å². The van der Waals surface area contributed by atoms with Gasteiger partial charge in [0.25, 0.3) is 5.91 Å². The SMILES string of the molecule is Cc1cc(N)cc(C(=O)NCCCS(C)=O)c1. The molecule has 1 aromatic carbocycles. The van der Waals surface area contributed by atoms with E-state index in [0.717, 1.165) is 12.0 Å². The highest BCUT2D eigenvalue weighted by molar-refractivity contribution is 7.84. The Bertz CT molecular complexity index is 412. The molecular formula is C12H18N2O2S. The van der Waals surface area contributed by atoms with E-state index in [0.29, 0.717) is 23.5 Å². The van der Waals surface area contributed by atoms with Gasteiger partial charge >= 0.3 is 0 Å². The van der Waals surface area contributed by atoms with Crippen molar-refractivity contribution in [1.29, 1.82) is 0 Å². The lowest BCUT2D eigenvalue weighted by atomic mass is 10.1. The number of benzene rings is 1. The highest BCUT2D eigenvalue weighted by atomic mass is 32.2. The summed E-state index contributed by atoms with van der Waals surface area (Å²) in [6.45, 7) is 2.43. The second kappa shape index (κ2) is 6.39. The summed E-state index contributed by atoms with van der Waals surface area (Å²) in [5.41, 5.74) is 7.79. The predicted molar refractivity (Wildman–Crippen MR) is 71.5 cm³/mol. The number of anilines is 1. The molecule has 1 unspecified atom stereocenters. The van der Waals surface area contributed by atoms with E-state index in [1.165, 1.54) is 0 Å². The highest BCUT2D eigenvalue weighted by Gasteiger charge is 2.06. The van der Waals surface area contributed by atoms with Crippen LogP contribution in [0.4, 0.5) is 5.69 Å². The molecule has 0 spiro atoms. The predicted octanol–water partition coefficient (Wildman–Crippen LogP) is 1.08. The first-order chi connectivity index (χ1) is 7.99. The van der Waals surface area contributed by atoms with Crippen LogP contribution in [0, 0.1) is 6.92 Å². The summed E-state index contributed by atoms with van der Waals surface area (Å²) >= 11 is 0. The monoisotopic (exact) mass is 254 g/mol. The number of rotatable bonds is 5. The van der Waals surface area contributed by atoms with Crippen LogP contribution in [0.1, 0.15) is 22.3 Å². The molecule has 0 saturated heterocycles. The van der Waals surface area contributed by atoms with Gasteiger partial charge in [0.15, 0.2) is 0 Å². The Labute approximate surface area is 104 Å². The molecule has 1 rings (SSSR count). The van der Waals surface area contributed by atoms with Crippen molar-refractivity contribution in [1.82, 2.24) is 5.32 Å². The van der Waals surface area contributed by atoms with Crippen molar-refractivity contribution in [3.8, 4) is 0 Å². The Kier molecular flexibility index (Phi) is 5.15. The van der Waals surface area contributed by atoms with Crippen molar-refractivity contribution in [3.63, 3.8) is 0 Å². The molecule has 0 aliphatic heterocycles. The minimum atomic E-state index is -0.803. The number of aryl methyl sites for hydroxylation is 1. The van der Waals surface area contributed by atoms with E-state index in [4.69, 9.17) is 5.73 Å². The zero-order valence-electron chi connectivity index (χ0n) is 10.2.